The third-order valence-electron chi connectivity index (χ3n) is 4.56. The second-order valence-electron chi connectivity index (χ2n) is 7.49. The lowest BCUT2D eigenvalue weighted by Gasteiger charge is -2.26. The highest BCUT2D eigenvalue weighted by Gasteiger charge is 2.22. The maximum absolute atomic E-state index is 12.2. The van der Waals surface area contributed by atoms with Crippen molar-refractivity contribution in [1.82, 2.24) is 15.8 Å². The summed E-state index contributed by atoms with van der Waals surface area (Å²) >= 11 is 0. The van der Waals surface area contributed by atoms with E-state index in [0.717, 1.165) is 17.0 Å². The SMILES string of the molecule is Cc1cccc(C(C)(C)CNC(=O)NC(C)Cc2c(C)noc2C)c1. The van der Waals surface area contributed by atoms with Crippen LogP contribution >= 0.6 is 0 Å². The molecular formula is C20H29N3O2. The van der Waals surface area contributed by atoms with E-state index < -0.39 is 0 Å². The zero-order valence-corrected chi connectivity index (χ0v) is 16.1. The summed E-state index contributed by atoms with van der Waals surface area (Å²) in [5.74, 6) is 0.812. The molecule has 0 saturated carbocycles. The van der Waals surface area contributed by atoms with E-state index in [1.54, 1.807) is 0 Å². The molecule has 1 unspecified atom stereocenters. The first kappa shape index (κ1) is 19.0. The number of aromatic nitrogens is 1. The number of rotatable bonds is 6. The number of nitrogens with one attached hydrogen (secondary N) is 2. The molecule has 5 nitrogen and oxygen atoms in total. The zero-order valence-electron chi connectivity index (χ0n) is 16.1. The van der Waals surface area contributed by atoms with Crippen molar-refractivity contribution in [2.45, 2.75) is 59.4 Å². The number of aryl methyl sites for hydroxylation is 3. The van der Waals surface area contributed by atoms with Crippen molar-refractivity contribution >= 4 is 6.03 Å². The van der Waals surface area contributed by atoms with Gasteiger partial charge < -0.3 is 15.2 Å². The number of carbonyl (C=O) groups is 1. The highest BCUT2D eigenvalue weighted by molar-refractivity contribution is 5.74. The Morgan fingerprint density at radius 3 is 2.60 bits per heavy atom. The van der Waals surface area contributed by atoms with Gasteiger partial charge in [0.2, 0.25) is 0 Å². The van der Waals surface area contributed by atoms with Crippen LogP contribution in [0.3, 0.4) is 0 Å². The van der Waals surface area contributed by atoms with E-state index in [4.69, 9.17) is 4.52 Å². The Hall–Kier alpha value is -2.30. The molecule has 0 fully saturated rings. The lowest BCUT2D eigenvalue weighted by Crippen LogP contribution is -2.45. The van der Waals surface area contributed by atoms with Gasteiger partial charge in [-0.25, -0.2) is 4.79 Å². The first-order chi connectivity index (χ1) is 11.7. The molecule has 2 rings (SSSR count). The van der Waals surface area contributed by atoms with Gasteiger partial charge in [0.25, 0.3) is 0 Å². The second-order valence-corrected chi connectivity index (χ2v) is 7.49. The molecule has 1 atom stereocenters. The first-order valence-electron chi connectivity index (χ1n) is 8.72. The molecule has 0 saturated heterocycles. The molecule has 2 amide bonds. The highest BCUT2D eigenvalue weighted by atomic mass is 16.5. The van der Waals surface area contributed by atoms with Gasteiger partial charge in [-0.15, -0.1) is 0 Å². The maximum atomic E-state index is 12.2. The van der Waals surface area contributed by atoms with Crippen LogP contribution in [0.1, 0.15) is 48.9 Å². The molecule has 0 aliphatic rings. The smallest absolute Gasteiger partial charge is 0.315 e. The lowest BCUT2D eigenvalue weighted by atomic mass is 9.84. The molecule has 5 heteroatoms. The molecule has 1 aromatic heterocycles. The molecule has 0 bridgehead atoms. The van der Waals surface area contributed by atoms with Gasteiger partial charge in [0, 0.05) is 23.6 Å². The summed E-state index contributed by atoms with van der Waals surface area (Å²) < 4.78 is 5.17. The molecular weight excluding hydrogens is 314 g/mol. The molecule has 0 radical (unpaired) electrons. The Kier molecular flexibility index (Phi) is 5.88. The third kappa shape index (κ3) is 5.08. The number of hydrogen-bond donors (Lipinski definition) is 2. The first-order valence-corrected chi connectivity index (χ1v) is 8.72. The van der Waals surface area contributed by atoms with Gasteiger partial charge in [-0.2, -0.15) is 0 Å². The fourth-order valence-electron chi connectivity index (χ4n) is 2.89. The number of amides is 2. The van der Waals surface area contributed by atoms with Gasteiger partial charge in [-0.05, 0) is 39.7 Å². The van der Waals surface area contributed by atoms with E-state index in [-0.39, 0.29) is 17.5 Å². The zero-order chi connectivity index (χ0) is 18.6. The Morgan fingerprint density at radius 2 is 2.00 bits per heavy atom. The van der Waals surface area contributed by atoms with Crippen LogP contribution in [0, 0.1) is 20.8 Å². The summed E-state index contributed by atoms with van der Waals surface area (Å²) in [7, 11) is 0. The summed E-state index contributed by atoms with van der Waals surface area (Å²) in [6, 6.07) is 8.25. The average Bonchev–Trinajstić information content (AvgIpc) is 2.85. The van der Waals surface area contributed by atoms with Crippen molar-refractivity contribution in [2.24, 2.45) is 0 Å². The minimum Gasteiger partial charge on any atom is -0.361 e. The van der Waals surface area contributed by atoms with Gasteiger partial charge in [0.05, 0.1) is 5.69 Å². The largest absolute Gasteiger partial charge is 0.361 e. The standard InChI is InChI=1S/C20H29N3O2/c1-13-8-7-9-17(10-13)20(5,6)12-21-19(24)22-14(2)11-18-15(3)23-25-16(18)4/h7-10,14H,11-12H2,1-6H3,(H2,21,22,24). The molecule has 2 aromatic rings. The van der Waals surface area contributed by atoms with Crippen molar-refractivity contribution < 1.29 is 9.32 Å². The van der Waals surface area contributed by atoms with E-state index in [1.165, 1.54) is 11.1 Å². The van der Waals surface area contributed by atoms with Gasteiger partial charge in [0.1, 0.15) is 5.76 Å². The minimum absolute atomic E-state index is 0.00104. The van der Waals surface area contributed by atoms with Crippen LogP contribution in [0.5, 0.6) is 0 Å². The molecule has 0 aliphatic heterocycles. The lowest BCUT2D eigenvalue weighted by molar-refractivity contribution is 0.235. The maximum Gasteiger partial charge on any atom is 0.315 e. The van der Waals surface area contributed by atoms with E-state index in [2.05, 4.69) is 60.8 Å². The van der Waals surface area contributed by atoms with Gasteiger partial charge in [0.15, 0.2) is 0 Å². The average molecular weight is 343 g/mol. The fourth-order valence-corrected chi connectivity index (χ4v) is 2.89. The fraction of sp³-hybridized carbons (Fsp3) is 0.500. The summed E-state index contributed by atoms with van der Waals surface area (Å²) in [6.07, 6.45) is 0.704. The third-order valence-corrected chi connectivity index (χ3v) is 4.56. The van der Waals surface area contributed by atoms with Crippen LogP contribution in [0.4, 0.5) is 4.79 Å². The molecule has 2 N–H and O–H groups in total. The van der Waals surface area contributed by atoms with E-state index in [1.807, 2.05) is 20.8 Å². The molecule has 0 aliphatic carbocycles. The van der Waals surface area contributed by atoms with Gasteiger partial charge >= 0.3 is 6.03 Å². The number of nitrogens with zero attached hydrogens (tertiary/aromatic N) is 1. The molecule has 136 valence electrons. The number of carbonyl (C=O) groups excluding carboxylic acids is 1. The van der Waals surface area contributed by atoms with Crippen LogP contribution in [0.25, 0.3) is 0 Å². The summed E-state index contributed by atoms with van der Waals surface area (Å²) in [4.78, 5) is 12.2. The molecule has 25 heavy (non-hydrogen) atoms. The Morgan fingerprint density at radius 1 is 1.28 bits per heavy atom. The van der Waals surface area contributed by atoms with Crippen LogP contribution in [-0.2, 0) is 11.8 Å². The summed E-state index contributed by atoms with van der Waals surface area (Å²) in [5.41, 5.74) is 4.26. The summed E-state index contributed by atoms with van der Waals surface area (Å²) in [6.45, 7) is 12.7. The highest BCUT2D eigenvalue weighted by Crippen LogP contribution is 2.23. The molecule has 1 aromatic carbocycles. The second kappa shape index (κ2) is 7.72. The van der Waals surface area contributed by atoms with E-state index in [0.29, 0.717) is 13.0 Å². The van der Waals surface area contributed by atoms with Crippen molar-refractivity contribution in [1.29, 1.82) is 0 Å². The number of hydrogen-bond acceptors (Lipinski definition) is 3. The predicted molar refractivity (Wildman–Crippen MR) is 99.9 cm³/mol. The van der Waals surface area contributed by atoms with Crippen molar-refractivity contribution in [3.05, 3.63) is 52.4 Å². The van der Waals surface area contributed by atoms with E-state index in [9.17, 15) is 4.79 Å². The molecule has 0 spiro atoms. The van der Waals surface area contributed by atoms with Gasteiger partial charge in [-0.3, -0.25) is 0 Å². The minimum atomic E-state index is -0.153. The number of benzene rings is 1. The van der Waals surface area contributed by atoms with Crippen molar-refractivity contribution in [3.63, 3.8) is 0 Å². The topological polar surface area (TPSA) is 67.2 Å². The van der Waals surface area contributed by atoms with Crippen molar-refractivity contribution in [2.75, 3.05) is 6.54 Å². The van der Waals surface area contributed by atoms with E-state index >= 15 is 0 Å². The van der Waals surface area contributed by atoms with Crippen LogP contribution < -0.4 is 10.6 Å². The van der Waals surface area contributed by atoms with Crippen molar-refractivity contribution in [3.8, 4) is 0 Å². The predicted octanol–water partition coefficient (Wildman–Crippen LogP) is 3.81. The Balaban J connectivity index is 1.87. The van der Waals surface area contributed by atoms with Crippen LogP contribution in [-0.4, -0.2) is 23.8 Å². The molecule has 1 heterocycles. The monoisotopic (exact) mass is 343 g/mol. The Labute approximate surface area is 150 Å². The summed E-state index contributed by atoms with van der Waals surface area (Å²) in [5, 5.41) is 9.93. The normalized spacial score (nSPS) is 12.7. The quantitative estimate of drug-likeness (QED) is 0.838. The van der Waals surface area contributed by atoms with Gasteiger partial charge in [-0.1, -0.05) is 48.8 Å². The number of urea groups is 1. The van der Waals surface area contributed by atoms with Crippen LogP contribution in [0.2, 0.25) is 0 Å². The van der Waals surface area contributed by atoms with Crippen LogP contribution in [0.15, 0.2) is 28.8 Å². The Bertz CT molecular complexity index is 715.